The number of carbonyl (C=O) groups excluding carboxylic acids is 1. The number of nitrogens with zero attached hydrogens (tertiary/aromatic N) is 1. The molecule has 0 aromatic carbocycles. The van der Waals surface area contributed by atoms with Gasteiger partial charge in [-0.15, -0.1) is 0 Å². The van der Waals surface area contributed by atoms with Gasteiger partial charge in [0.2, 0.25) is 5.91 Å². The van der Waals surface area contributed by atoms with E-state index in [0.717, 1.165) is 13.0 Å². The Kier molecular flexibility index (Phi) is 6.75. The highest BCUT2D eigenvalue weighted by Gasteiger charge is 2.32. The fourth-order valence-electron chi connectivity index (χ4n) is 2.57. The molecule has 3 atom stereocenters. The van der Waals surface area contributed by atoms with Crippen molar-refractivity contribution in [1.29, 1.82) is 0 Å². The smallest absolute Gasteiger partial charge is 0.225 e. The zero-order valence-electron chi connectivity index (χ0n) is 12.3. The second-order valence-electron chi connectivity index (χ2n) is 5.86. The Morgan fingerprint density at radius 1 is 1.37 bits per heavy atom. The molecule has 3 N–H and O–H groups in total. The third-order valence-electron chi connectivity index (χ3n) is 3.74. The third-order valence-corrected chi connectivity index (χ3v) is 3.74. The van der Waals surface area contributed by atoms with Gasteiger partial charge in [-0.3, -0.25) is 4.79 Å². The first-order valence-electron chi connectivity index (χ1n) is 7.26. The minimum Gasteiger partial charge on any atom is -0.396 e. The highest BCUT2D eigenvalue weighted by molar-refractivity contribution is 5.78. The van der Waals surface area contributed by atoms with Gasteiger partial charge in [0, 0.05) is 37.6 Å². The first kappa shape index (κ1) is 16.4. The lowest BCUT2D eigenvalue weighted by Crippen LogP contribution is -2.54. The van der Waals surface area contributed by atoms with Gasteiger partial charge in [-0.05, 0) is 26.3 Å². The molecular weight excluding hydrogens is 244 g/mol. The van der Waals surface area contributed by atoms with Gasteiger partial charge in [-0.1, -0.05) is 13.8 Å². The number of hydrogen-bond acceptors (Lipinski definition) is 4. The van der Waals surface area contributed by atoms with Crippen LogP contribution in [0.3, 0.4) is 0 Å². The van der Waals surface area contributed by atoms with Crippen molar-refractivity contribution >= 4 is 5.91 Å². The van der Waals surface area contributed by atoms with E-state index < -0.39 is 6.10 Å². The summed E-state index contributed by atoms with van der Waals surface area (Å²) in [4.78, 5) is 14.0. The van der Waals surface area contributed by atoms with E-state index in [4.69, 9.17) is 5.11 Å². The molecule has 1 fully saturated rings. The van der Waals surface area contributed by atoms with Crippen molar-refractivity contribution < 1.29 is 15.0 Å². The van der Waals surface area contributed by atoms with E-state index in [-0.39, 0.29) is 30.4 Å². The highest BCUT2D eigenvalue weighted by Crippen LogP contribution is 2.21. The highest BCUT2D eigenvalue weighted by atomic mass is 16.3. The van der Waals surface area contributed by atoms with Crippen LogP contribution in [0, 0.1) is 11.8 Å². The van der Waals surface area contributed by atoms with Crippen molar-refractivity contribution in [2.45, 2.75) is 45.8 Å². The summed E-state index contributed by atoms with van der Waals surface area (Å²) in [6, 6.07) is 0.211. The van der Waals surface area contributed by atoms with E-state index in [9.17, 15) is 9.90 Å². The molecule has 0 bridgehead atoms. The number of carbonyl (C=O) groups is 1. The minimum absolute atomic E-state index is 0.00848. The Morgan fingerprint density at radius 2 is 2.05 bits per heavy atom. The normalized spacial score (nSPS) is 25.7. The third kappa shape index (κ3) is 5.09. The van der Waals surface area contributed by atoms with Gasteiger partial charge in [0.1, 0.15) is 0 Å². The predicted octanol–water partition coefficient (Wildman–Crippen LogP) is 0.212. The molecule has 0 aromatic heterocycles. The molecule has 19 heavy (non-hydrogen) atoms. The number of hydrogen-bond donors (Lipinski definition) is 3. The molecule has 0 saturated carbocycles. The summed E-state index contributed by atoms with van der Waals surface area (Å²) in [5.41, 5.74) is 0. The van der Waals surface area contributed by atoms with Gasteiger partial charge in [-0.2, -0.15) is 0 Å². The zero-order valence-corrected chi connectivity index (χ0v) is 12.3. The van der Waals surface area contributed by atoms with Gasteiger partial charge < -0.3 is 20.4 Å². The van der Waals surface area contributed by atoms with Crippen LogP contribution < -0.4 is 5.32 Å². The van der Waals surface area contributed by atoms with Gasteiger partial charge in [0.05, 0.1) is 6.10 Å². The number of nitrogens with one attached hydrogen (secondary N) is 1. The van der Waals surface area contributed by atoms with Gasteiger partial charge in [0.15, 0.2) is 0 Å². The van der Waals surface area contributed by atoms with Crippen molar-refractivity contribution in [2.24, 2.45) is 11.8 Å². The first-order chi connectivity index (χ1) is 8.95. The number of aliphatic hydroxyl groups is 2. The molecule has 1 aliphatic heterocycles. The van der Waals surface area contributed by atoms with Crippen LogP contribution in [0.15, 0.2) is 0 Å². The van der Waals surface area contributed by atoms with Crippen molar-refractivity contribution in [3.05, 3.63) is 0 Å². The standard InChI is InChI=1S/C14H28N2O3/c1-10(2)14(19)16-8-12(11(3)18)7-13(9-16)15-5-4-6-17/h10-13,15,17-18H,4-9H2,1-3H3. The SMILES string of the molecule is CC(C)C(=O)N1CC(NCCCO)CC(C(C)O)C1. The van der Waals surface area contributed by atoms with E-state index in [1.807, 2.05) is 18.7 Å². The minimum atomic E-state index is -0.398. The topological polar surface area (TPSA) is 72.8 Å². The van der Waals surface area contributed by atoms with Crippen molar-refractivity contribution in [3.63, 3.8) is 0 Å². The Balaban J connectivity index is 2.60. The van der Waals surface area contributed by atoms with Crippen molar-refractivity contribution in [3.8, 4) is 0 Å². The summed E-state index contributed by atoms with van der Waals surface area (Å²) >= 11 is 0. The summed E-state index contributed by atoms with van der Waals surface area (Å²) in [5, 5.41) is 22.0. The summed E-state index contributed by atoms with van der Waals surface area (Å²) < 4.78 is 0. The van der Waals surface area contributed by atoms with E-state index in [0.29, 0.717) is 19.5 Å². The summed E-state index contributed by atoms with van der Waals surface area (Å²) in [6.45, 7) is 7.87. The van der Waals surface area contributed by atoms with E-state index >= 15 is 0 Å². The molecule has 0 spiro atoms. The van der Waals surface area contributed by atoms with Crippen LogP contribution in [0.2, 0.25) is 0 Å². The number of aliphatic hydroxyl groups excluding tert-OH is 2. The number of likely N-dealkylation sites (tertiary alicyclic amines) is 1. The van der Waals surface area contributed by atoms with Crippen LogP contribution in [0.5, 0.6) is 0 Å². The van der Waals surface area contributed by atoms with Gasteiger partial charge in [-0.25, -0.2) is 0 Å². The van der Waals surface area contributed by atoms with E-state index in [2.05, 4.69) is 5.32 Å². The van der Waals surface area contributed by atoms with Crippen LogP contribution in [0.1, 0.15) is 33.6 Å². The molecule has 3 unspecified atom stereocenters. The van der Waals surface area contributed by atoms with Crippen LogP contribution in [0.25, 0.3) is 0 Å². The second-order valence-corrected chi connectivity index (χ2v) is 5.86. The lowest BCUT2D eigenvalue weighted by molar-refractivity contribution is -0.137. The largest absolute Gasteiger partial charge is 0.396 e. The van der Waals surface area contributed by atoms with Crippen LogP contribution >= 0.6 is 0 Å². The number of rotatable bonds is 6. The molecule has 0 radical (unpaired) electrons. The Hall–Kier alpha value is -0.650. The maximum absolute atomic E-state index is 12.1. The molecule has 5 heteroatoms. The average molecular weight is 272 g/mol. The molecule has 1 rings (SSSR count). The Bertz CT molecular complexity index is 282. The lowest BCUT2D eigenvalue weighted by Gasteiger charge is -2.40. The Morgan fingerprint density at radius 3 is 2.58 bits per heavy atom. The number of piperidine rings is 1. The average Bonchev–Trinajstić information content (AvgIpc) is 2.37. The van der Waals surface area contributed by atoms with Crippen LogP contribution in [-0.4, -0.2) is 59.4 Å². The molecule has 0 aliphatic carbocycles. The fraction of sp³-hybridized carbons (Fsp3) is 0.929. The molecule has 112 valence electrons. The van der Waals surface area contributed by atoms with E-state index in [1.165, 1.54) is 0 Å². The van der Waals surface area contributed by atoms with Crippen LogP contribution in [0.4, 0.5) is 0 Å². The molecule has 1 saturated heterocycles. The molecule has 1 amide bonds. The second kappa shape index (κ2) is 7.82. The molecule has 5 nitrogen and oxygen atoms in total. The van der Waals surface area contributed by atoms with Gasteiger partial charge >= 0.3 is 0 Å². The lowest BCUT2D eigenvalue weighted by atomic mass is 9.89. The predicted molar refractivity (Wildman–Crippen MR) is 74.7 cm³/mol. The van der Waals surface area contributed by atoms with Crippen molar-refractivity contribution in [2.75, 3.05) is 26.2 Å². The summed E-state index contributed by atoms with van der Waals surface area (Å²) in [5.74, 6) is 0.272. The fourth-order valence-corrected chi connectivity index (χ4v) is 2.57. The first-order valence-corrected chi connectivity index (χ1v) is 7.26. The van der Waals surface area contributed by atoms with Crippen LogP contribution in [-0.2, 0) is 4.79 Å². The van der Waals surface area contributed by atoms with E-state index in [1.54, 1.807) is 6.92 Å². The molecular formula is C14H28N2O3. The monoisotopic (exact) mass is 272 g/mol. The zero-order chi connectivity index (χ0) is 14.4. The summed E-state index contributed by atoms with van der Waals surface area (Å²) in [6.07, 6.45) is 1.20. The van der Waals surface area contributed by atoms with Gasteiger partial charge in [0.25, 0.3) is 0 Å². The quantitative estimate of drug-likeness (QED) is 0.605. The maximum atomic E-state index is 12.1. The molecule has 1 aliphatic rings. The molecule has 0 aromatic rings. The molecule has 1 heterocycles. The maximum Gasteiger partial charge on any atom is 0.225 e. The number of amides is 1. The Labute approximate surface area is 116 Å². The summed E-state index contributed by atoms with van der Waals surface area (Å²) in [7, 11) is 0. The van der Waals surface area contributed by atoms with Crippen molar-refractivity contribution in [1.82, 2.24) is 10.2 Å².